The zero-order valence-corrected chi connectivity index (χ0v) is 9.58. The molecule has 0 unspecified atom stereocenters. The van der Waals surface area contributed by atoms with Gasteiger partial charge in [-0.15, -0.1) is 0 Å². The van der Waals surface area contributed by atoms with Gasteiger partial charge < -0.3 is 9.47 Å². The van der Waals surface area contributed by atoms with E-state index in [1.807, 2.05) is 0 Å². The molecule has 0 aromatic heterocycles. The summed E-state index contributed by atoms with van der Waals surface area (Å²) in [7, 11) is 0. The first-order valence-corrected chi connectivity index (χ1v) is 5.59. The average molecular weight is 198 g/mol. The Kier molecular flexibility index (Phi) is 5.20. The Balaban J connectivity index is 2.16. The molecule has 0 spiro atoms. The van der Waals surface area contributed by atoms with Crippen LogP contribution in [0.5, 0.6) is 0 Å². The van der Waals surface area contributed by atoms with E-state index in [0.29, 0.717) is 0 Å². The quantitative estimate of drug-likeness (QED) is 0.632. The summed E-state index contributed by atoms with van der Waals surface area (Å²) >= 11 is 0. The van der Waals surface area contributed by atoms with Crippen LogP contribution in [0.4, 0.5) is 0 Å². The summed E-state index contributed by atoms with van der Waals surface area (Å²) in [4.78, 5) is 0. The number of rotatable bonds is 5. The molecule has 0 bridgehead atoms. The van der Waals surface area contributed by atoms with E-state index >= 15 is 0 Å². The lowest BCUT2D eigenvalue weighted by molar-refractivity contribution is -0.00225. The number of hydrogen-bond donors (Lipinski definition) is 0. The molecule has 1 aliphatic rings. The number of hydrogen-bond acceptors (Lipinski definition) is 2. The zero-order valence-electron chi connectivity index (χ0n) is 9.58. The minimum Gasteiger partial charge on any atom is -0.347 e. The van der Waals surface area contributed by atoms with Crippen molar-refractivity contribution in [1.82, 2.24) is 0 Å². The van der Waals surface area contributed by atoms with Crippen LogP contribution in [0, 0.1) is 5.92 Å². The fourth-order valence-electron chi connectivity index (χ4n) is 1.58. The normalized spacial score (nSPS) is 19.6. The van der Waals surface area contributed by atoms with E-state index in [1.54, 1.807) is 0 Å². The lowest BCUT2D eigenvalue weighted by atomic mass is 10.0. The van der Waals surface area contributed by atoms with Crippen LogP contribution < -0.4 is 0 Å². The summed E-state index contributed by atoms with van der Waals surface area (Å²) < 4.78 is 10.7. The van der Waals surface area contributed by atoms with Crippen molar-refractivity contribution < 1.29 is 9.47 Å². The van der Waals surface area contributed by atoms with Crippen LogP contribution >= 0.6 is 0 Å². The molecule has 0 radical (unpaired) electrons. The SMILES string of the molecule is C/C(=C\C1OCCO1)CCCC(C)C. The largest absolute Gasteiger partial charge is 0.347 e. The fourth-order valence-corrected chi connectivity index (χ4v) is 1.58. The molecule has 0 aromatic rings. The van der Waals surface area contributed by atoms with Crippen LogP contribution in [0.25, 0.3) is 0 Å². The second-order valence-electron chi connectivity index (χ2n) is 4.41. The van der Waals surface area contributed by atoms with Gasteiger partial charge in [-0.2, -0.15) is 0 Å². The molecule has 82 valence electrons. The minimum absolute atomic E-state index is 0.0750. The first kappa shape index (κ1) is 11.7. The summed E-state index contributed by atoms with van der Waals surface area (Å²) in [6, 6.07) is 0. The molecule has 1 heterocycles. The summed E-state index contributed by atoms with van der Waals surface area (Å²) in [5, 5.41) is 0. The molecular formula is C12H22O2. The van der Waals surface area contributed by atoms with Crippen molar-refractivity contribution in [3.05, 3.63) is 11.6 Å². The topological polar surface area (TPSA) is 18.5 Å². The molecule has 2 heteroatoms. The highest BCUT2D eigenvalue weighted by molar-refractivity contribution is 5.00. The standard InChI is InChI=1S/C12H22O2/c1-10(2)5-4-6-11(3)9-12-13-7-8-14-12/h9-10,12H,4-8H2,1-3H3/b11-9+. The van der Waals surface area contributed by atoms with E-state index in [-0.39, 0.29) is 6.29 Å². The Morgan fingerprint density at radius 3 is 2.57 bits per heavy atom. The van der Waals surface area contributed by atoms with E-state index in [1.165, 1.54) is 24.8 Å². The minimum atomic E-state index is -0.0750. The van der Waals surface area contributed by atoms with Gasteiger partial charge in [-0.3, -0.25) is 0 Å². The lowest BCUT2D eigenvalue weighted by Crippen LogP contribution is -2.03. The predicted molar refractivity (Wildman–Crippen MR) is 58.1 cm³/mol. The fraction of sp³-hybridized carbons (Fsp3) is 0.833. The molecule has 0 aromatic carbocycles. The third-order valence-electron chi connectivity index (χ3n) is 2.42. The van der Waals surface area contributed by atoms with Gasteiger partial charge in [-0.05, 0) is 31.8 Å². The molecule has 2 nitrogen and oxygen atoms in total. The Hall–Kier alpha value is -0.340. The van der Waals surface area contributed by atoms with Crippen molar-refractivity contribution in [2.75, 3.05) is 13.2 Å². The molecule has 1 fully saturated rings. The Morgan fingerprint density at radius 2 is 2.00 bits per heavy atom. The van der Waals surface area contributed by atoms with E-state index in [2.05, 4.69) is 26.8 Å². The molecule has 1 rings (SSSR count). The van der Waals surface area contributed by atoms with Crippen molar-refractivity contribution in [3.63, 3.8) is 0 Å². The van der Waals surface area contributed by atoms with Gasteiger partial charge in [-0.25, -0.2) is 0 Å². The predicted octanol–water partition coefficient (Wildman–Crippen LogP) is 3.13. The third kappa shape index (κ3) is 4.77. The molecule has 0 aliphatic carbocycles. The van der Waals surface area contributed by atoms with Gasteiger partial charge in [0.15, 0.2) is 6.29 Å². The third-order valence-corrected chi connectivity index (χ3v) is 2.42. The van der Waals surface area contributed by atoms with E-state index in [4.69, 9.17) is 9.47 Å². The Labute approximate surface area is 87.3 Å². The molecule has 0 amide bonds. The summed E-state index contributed by atoms with van der Waals surface area (Å²) in [6.07, 6.45) is 5.77. The molecule has 0 N–H and O–H groups in total. The van der Waals surface area contributed by atoms with Gasteiger partial charge in [0.25, 0.3) is 0 Å². The van der Waals surface area contributed by atoms with Crippen molar-refractivity contribution in [3.8, 4) is 0 Å². The lowest BCUT2D eigenvalue weighted by Gasteiger charge is -2.07. The maximum Gasteiger partial charge on any atom is 0.177 e. The van der Waals surface area contributed by atoms with Gasteiger partial charge in [0.2, 0.25) is 0 Å². The van der Waals surface area contributed by atoms with Gasteiger partial charge in [0.05, 0.1) is 13.2 Å². The monoisotopic (exact) mass is 198 g/mol. The first-order valence-electron chi connectivity index (χ1n) is 5.59. The second kappa shape index (κ2) is 6.20. The van der Waals surface area contributed by atoms with Crippen molar-refractivity contribution in [1.29, 1.82) is 0 Å². The summed E-state index contributed by atoms with van der Waals surface area (Å²) in [6.45, 7) is 8.16. The Bertz CT molecular complexity index is 179. The maximum atomic E-state index is 5.35. The molecule has 0 saturated carbocycles. The van der Waals surface area contributed by atoms with Crippen molar-refractivity contribution in [2.45, 2.75) is 46.3 Å². The summed E-state index contributed by atoms with van der Waals surface area (Å²) in [5.74, 6) is 0.807. The van der Waals surface area contributed by atoms with Crippen LogP contribution in [0.1, 0.15) is 40.0 Å². The number of allylic oxidation sites excluding steroid dienone is 1. The van der Waals surface area contributed by atoms with E-state index in [0.717, 1.165) is 19.1 Å². The Morgan fingerprint density at radius 1 is 1.36 bits per heavy atom. The van der Waals surface area contributed by atoms with Gasteiger partial charge in [0, 0.05) is 0 Å². The highest BCUT2D eigenvalue weighted by Gasteiger charge is 2.12. The second-order valence-corrected chi connectivity index (χ2v) is 4.41. The van der Waals surface area contributed by atoms with Crippen LogP contribution in [0.2, 0.25) is 0 Å². The average Bonchev–Trinajstić information content (AvgIpc) is 2.56. The molecular weight excluding hydrogens is 176 g/mol. The van der Waals surface area contributed by atoms with Crippen LogP contribution in [0.15, 0.2) is 11.6 Å². The molecule has 1 aliphatic heterocycles. The van der Waals surface area contributed by atoms with E-state index in [9.17, 15) is 0 Å². The zero-order chi connectivity index (χ0) is 10.4. The maximum absolute atomic E-state index is 5.35. The number of ether oxygens (including phenoxy) is 2. The molecule has 14 heavy (non-hydrogen) atoms. The molecule has 0 atom stereocenters. The van der Waals surface area contributed by atoms with Gasteiger partial charge >= 0.3 is 0 Å². The highest BCUT2D eigenvalue weighted by Crippen LogP contribution is 2.14. The highest BCUT2D eigenvalue weighted by atomic mass is 16.7. The molecule has 1 saturated heterocycles. The summed E-state index contributed by atoms with van der Waals surface area (Å²) in [5.41, 5.74) is 1.39. The first-order chi connectivity index (χ1) is 6.68. The van der Waals surface area contributed by atoms with Crippen LogP contribution in [0.3, 0.4) is 0 Å². The van der Waals surface area contributed by atoms with Crippen molar-refractivity contribution in [2.24, 2.45) is 5.92 Å². The van der Waals surface area contributed by atoms with Crippen molar-refractivity contribution >= 4 is 0 Å². The van der Waals surface area contributed by atoms with Crippen LogP contribution in [-0.2, 0) is 9.47 Å². The smallest absolute Gasteiger partial charge is 0.177 e. The van der Waals surface area contributed by atoms with E-state index < -0.39 is 0 Å². The van der Waals surface area contributed by atoms with Crippen LogP contribution in [-0.4, -0.2) is 19.5 Å². The van der Waals surface area contributed by atoms with Gasteiger partial charge in [0.1, 0.15) is 0 Å². The van der Waals surface area contributed by atoms with Gasteiger partial charge in [-0.1, -0.05) is 25.8 Å².